The summed E-state index contributed by atoms with van der Waals surface area (Å²) in [6.45, 7) is 1.90. The number of piperidine rings is 1. The van der Waals surface area contributed by atoms with Crippen LogP contribution >= 0.6 is 0 Å². The summed E-state index contributed by atoms with van der Waals surface area (Å²) in [4.78, 5) is 25.8. The van der Waals surface area contributed by atoms with E-state index < -0.39 is 0 Å². The number of likely N-dealkylation sites (tertiary alicyclic amines) is 1. The van der Waals surface area contributed by atoms with Crippen LogP contribution in [0.5, 0.6) is 0 Å². The highest BCUT2D eigenvalue weighted by Gasteiger charge is 2.25. The molecule has 1 aliphatic heterocycles. The minimum Gasteiger partial charge on any atom is -0.359 e. The summed E-state index contributed by atoms with van der Waals surface area (Å²) >= 11 is 0. The molecule has 1 aromatic carbocycles. The third-order valence-electron chi connectivity index (χ3n) is 3.91. The van der Waals surface area contributed by atoms with E-state index in [1.807, 2.05) is 6.07 Å². The first-order valence-corrected chi connectivity index (χ1v) is 7.11. The lowest BCUT2D eigenvalue weighted by Crippen LogP contribution is -2.41. The molecule has 110 valence electrons. The van der Waals surface area contributed by atoms with Gasteiger partial charge < -0.3 is 5.32 Å². The van der Waals surface area contributed by atoms with Crippen molar-refractivity contribution in [1.29, 1.82) is 5.26 Å². The largest absolute Gasteiger partial charge is 0.359 e. The molecule has 0 unspecified atom stereocenters. The molecule has 21 heavy (non-hydrogen) atoms. The first-order chi connectivity index (χ1) is 10.1. The Kier molecular flexibility index (Phi) is 5.07. The van der Waals surface area contributed by atoms with Gasteiger partial charge in [0.25, 0.3) is 0 Å². The van der Waals surface area contributed by atoms with E-state index in [1.54, 1.807) is 31.3 Å². The highest BCUT2D eigenvalue weighted by Crippen LogP contribution is 2.17. The van der Waals surface area contributed by atoms with E-state index in [0.29, 0.717) is 17.7 Å². The molecule has 2 rings (SSSR count). The molecular weight excluding hydrogens is 266 g/mol. The Hall–Kier alpha value is -2.19. The molecule has 1 aromatic rings. The SMILES string of the molecule is CNC(=O)C1CCN(CC(=O)c2ccc(C#N)cc2)CC1. The van der Waals surface area contributed by atoms with Crippen molar-refractivity contribution in [2.75, 3.05) is 26.7 Å². The Balaban J connectivity index is 1.86. The second-order valence-electron chi connectivity index (χ2n) is 5.28. The summed E-state index contributed by atoms with van der Waals surface area (Å²) in [6.07, 6.45) is 1.58. The lowest BCUT2D eigenvalue weighted by Gasteiger charge is -2.30. The van der Waals surface area contributed by atoms with Gasteiger partial charge in [-0.3, -0.25) is 14.5 Å². The van der Waals surface area contributed by atoms with Crippen molar-refractivity contribution in [2.24, 2.45) is 5.92 Å². The zero-order valence-corrected chi connectivity index (χ0v) is 12.1. The average Bonchev–Trinajstić information content (AvgIpc) is 2.55. The first kappa shape index (κ1) is 15.2. The minimum absolute atomic E-state index is 0.0536. The molecule has 1 heterocycles. The fourth-order valence-corrected chi connectivity index (χ4v) is 2.58. The summed E-state index contributed by atoms with van der Waals surface area (Å²) in [7, 11) is 1.66. The number of rotatable bonds is 4. The van der Waals surface area contributed by atoms with Gasteiger partial charge in [-0.15, -0.1) is 0 Å². The van der Waals surface area contributed by atoms with Gasteiger partial charge in [0.05, 0.1) is 18.2 Å². The predicted molar refractivity (Wildman–Crippen MR) is 78.7 cm³/mol. The van der Waals surface area contributed by atoms with Crippen LogP contribution in [0, 0.1) is 17.2 Å². The van der Waals surface area contributed by atoms with E-state index in [0.717, 1.165) is 25.9 Å². The number of nitrogens with one attached hydrogen (secondary N) is 1. The van der Waals surface area contributed by atoms with Crippen molar-refractivity contribution in [2.45, 2.75) is 12.8 Å². The Labute approximate surface area is 124 Å². The molecule has 1 amide bonds. The van der Waals surface area contributed by atoms with Crippen molar-refractivity contribution >= 4 is 11.7 Å². The quantitative estimate of drug-likeness (QED) is 0.844. The van der Waals surface area contributed by atoms with Crippen LogP contribution in [0.4, 0.5) is 0 Å². The van der Waals surface area contributed by atoms with Gasteiger partial charge in [-0.25, -0.2) is 0 Å². The van der Waals surface area contributed by atoms with Crippen molar-refractivity contribution in [1.82, 2.24) is 10.2 Å². The maximum Gasteiger partial charge on any atom is 0.222 e. The van der Waals surface area contributed by atoms with Crippen molar-refractivity contribution in [3.8, 4) is 6.07 Å². The van der Waals surface area contributed by atoms with Crippen LogP contribution in [0.3, 0.4) is 0 Å². The fourth-order valence-electron chi connectivity index (χ4n) is 2.58. The molecule has 0 atom stereocenters. The molecule has 5 nitrogen and oxygen atoms in total. The summed E-state index contributed by atoms with van der Waals surface area (Å²) < 4.78 is 0. The van der Waals surface area contributed by atoms with Gasteiger partial charge in [-0.05, 0) is 38.1 Å². The normalized spacial score (nSPS) is 16.2. The molecule has 0 aromatic heterocycles. The van der Waals surface area contributed by atoms with Crippen LogP contribution in [0.2, 0.25) is 0 Å². The third-order valence-corrected chi connectivity index (χ3v) is 3.91. The summed E-state index contributed by atoms with van der Waals surface area (Å²) in [5.41, 5.74) is 1.18. The van der Waals surface area contributed by atoms with E-state index in [-0.39, 0.29) is 17.6 Å². The predicted octanol–water partition coefficient (Wildman–Crippen LogP) is 1.20. The maximum atomic E-state index is 12.2. The van der Waals surface area contributed by atoms with Gasteiger partial charge in [-0.1, -0.05) is 12.1 Å². The highest BCUT2D eigenvalue weighted by molar-refractivity contribution is 5.97. The van der Waals surface area contributed by atoms with Gasteiger partial charge >= 0.3 is 0 Å². The van der Waals surface area contributed by atoms with E-state index in [2.05, 4.69) is 10.2 Å². The zero-order valence-electron chi connectivity index (χ0n) is 12.1. The number of amides is 1. The van der Waals surface area contributed by atoms with E-state index >= 15 is 0 Å². The number of hydrogen-bond acceptors (Lipinski definition) is 4. The van der Waals surface area contributed by atoms with Crippen molar-refractivity contribution in [3.63, 3.8) is 0 Å². The van der Waals surface area contributed by atoms with Crippen LogP contribution in [0.25, 0.3) is 0 Å². The second kappa shape index (κ2) is 7.00. The second-order valence-corrected chi connectivity index (χ2v) is 5.28. The molecule has 1 aliphatic rings. The number of carbonyl (C=O) groups is 2. The molecule has 0 bridgehead atoms. The Morgan fingerprint density at radius 2 is 1.90 bits per heavy atom. The smallest absolute Gasteiger partial charge is 0.222 e. The monoisotopic (exact) mass is 285 g/mol. The molecule has 1 fully saturated rings. The Bertz CT molecular complexity index is 552. The van der Waals surface area contributed by atoms with Crippen molar-refractivity contribution in [3.05, 3.63) is 35.4 Å². The number of ketones is 1. The third kappa shape index (κ3) is 3.89. The molecule has 0 saturated carbocycles. The molecule has 5 heteroatoms. The number of nitriles is 1. The van der Waals surface area contributed by atoms with E-state index in [4.69, 9.17) is 5.26 Å². The van der Waals surface area contributed by atoms with Crippen LogP contribution < -0.4 is 5.32 Å². The maximum absolute atomic E-state index is 12.2. The lowest BCUT2D eigenvalue weighted by atomic mass is 9.95. The standard InChI is InChI=1S/C16H19N3O2/c1-18-16(21)14-6-8-19(9-7-14)11-15(20)13-4-2-12(10-17)3-5-13/h2-5,14H,6-9,11H2,1H3,(H,18,21). The summed E-state index contributed by atoms with van der Waals surface area (Å²) in [6, 6.07) is 8.74. The minimum atomic E-state index is 0.0536. The number of hydrogen-bond donors (Lipinski definition) is 1. The van der Waals surface area contributed by atoms with Gasteiger partial charge in [0.1, 0.15) is 0 Å². The molecule has 0 radical (unpaired) electrons. The fraction of sp³-hybridized carbons (Fsp3) is 0.438. The number of Topliss-reactive ketones (excluding diaryl/α,β-unsaturated/α-hetero) is 1. The van der Waals surface area contributed by atoms with E-state index in [9.17, 15) is 9.59 Å². The number of nitrogens with zero attached hydrogens (tertiary/aromatic N) is 2. The summed E-state index contributed by atoms with van der Waals surface area (Å²) in [5.74, 6) is 0.210. The van der Waals surface area contributed by atoms with Gasteiger partial charge in [-0.2, -0.15) is 5.26 Å². The van der Waals surface area contributed by atoms with E-state index in [1.165, 1.54) is 0 Å². The molecule has 0 aliphatic carbocycles. The molecule has 1 saturated heterocycles. The first-order valence-electron chi connectivity index (χ1n) is 7.11. The van der Waals surface area contributed by atoms with Crippen LogP contribution in [-0.4, -0.2) is 43.3 Å². The lowest BCUT2D eigenvalue weighted by molar-refractivity contribution is -0.125. The molecule has 0 spiro atoms. The highest BCUT2D eigenvalue weighted by atomic mass is 16.1. The number of benzene rings is 1. The van der Waals surface area contributed by atoms with Crippen molar-refractivity contribution < 1.29 is 9.59 Å². The number of carbonyl (C=O) groups excluding carboxylic acids is 2. The van der Waals surface area contributed by atoms with Gasteiger partial charge in [0.2, 0.25) is 5.91 Å². The van der Waals surface area contributed by atoms with Crippen LogP contribution in [-0.2, 0) is 4.79 Å². The Morgan fingerprint density at radius 1 is 1.29 bits per heavy atom. The molecule has 1 N–H and O–H groups in total. The summed E-state index contributed by atoms with van der Waals surface area (Å²) in [5, 5.41) is 11.4. The average molecular weight is 285 g/mol. The van der Waals surface area contributed by atoms with Gasteiger partial charge in [0.15, 0.2) is 5.78 Å². The zero-order chi connectivity index (χ0) is 15.2. The van der Waals surface area contributed by atoms with Gasteiger partial charge in [0, 0.05) is 18.5 Å². The molecular formula is C16H19N3O2. The topological polar surface area (TPSA) is 73.2 Å². The Morgan fingerprint density at radius 3 is 2.43 bits per heavy atom. The van der Waals surface area contributed by atoms with Crippen LogP contribution in [0.15, 0.2) is 24.3 Å². The van der Waals surface area contributed by atoms with Crippen LogP contribution in [0.1, 0.15) is 28.8 Å².